The van der Waals surface area contributed by atoms with Gasteiger partial charge in [0.1, 0.15) is 5.75 Å². The van der Waals surface area contributed by atoms with E-state index in [1.165, 1.54) is 19.2 Å². The number of methoxy groups -OCH3 is 1. The summed E-state index contributed by atoms with van der Waals surface area (Å²) in [6, 6.07) is 20.6. The molecule has 2 heterocycles. The number of rotatable bonds is 6. The number of ether oxygens (including phenoxy) is 1. The summed E-state index contributed by atoms with van der Waals surface area (Å²) >= 11 is 0. The minimum absolute atomic E-state index is 0. The van der Waals surface area contributed by atoms with Crippen molar-refractivity contribution < 1.29 is 48.4 Å². The van der Waals surface area contributed by atoms with Gasteiger partial charge < -0.3 is 9.84 Å². The van der Waals surface area contributed by atoms with Crippen LogP contribution in [0.3, 0.4) is 0 Å². The van der Waals surface area contributed by atoms with Crippen LogP contribution in [0.2, 0.25) is 0 Å². The van der Waals surface area contributed by atoms with Crippen LogP contribution in [0.15, 0.2) is 102 Å². The van der Waals surface area contributed by atoms with Gasteiger partial charge in [0.15, 0.2) is 0 Å². The molecule has 202 valence electrons. The van der Waals surface area contributed by atoms with Crippen molar-refractivity contribution in [2.45, 2.75) is 11.8 Å². The van der Waals surface area contributed by atoms with Gasteiger partial charge in [0.05, 0.1) is 28.3 Å². The van der Waals surface area contributed by atoms with Crippen molar-refractivity contribution in [1.82, 2.24) is 9.97 Å². The molecule has 0 aliphatic rings. The Balaban J connectivity index is 0.000000553. The third kappa shape index (κ3) is 10.4. The second kappa shape index (κ2) is 15.8. The third-order valence-corrected chi connectivity index (χ3v) is 5.72. The van der Waals surface area contributed by atoms with Crippen LogP contribution in [0.4, 0.5) is 11.4 Å². The molecule has 0 saturated carbocycles. The fourth-order valence-corrected chi connectivity index (χ4v) is 3.81. The van der Waals surface area contributed by atoms with E-state index in [1.807, 2.05) is 18.2 Å². The minimum Gasteiger partial charge on any atom is -0.497 e. The average molecular weight is 631 g/mol. The Labute approximate surface area is 233 Å². The van der Waals surface area contributed by atoms with Gasteiger partial charge in [-0.3, -0.25) is 29.6 Å². The van der Waals surface area contributed by atoms with Gasteiger partial charge in [-0.05, 0) is 48.5 Å². The van der Waals surface area contributed by atoms with Crippen molar-refractivity contribution in [2.24, 2.45) is 0 Å². The largest absolute Gasteiger partial charge is 0.497 e. The molecule has 0 aliphatic heterocycles. The molecular formula is C25H24N4O7PdS. The van der Waals surface area contributed by atoms with Gasteiger partial charge in [-0.2, -0.15) is 0 Å². The van der Waals surface area contributed by atoms with Crippen LogP contribution >= 0.6 is 0 Å². The van der Waals surface area contributed by atoms with E-state index >= 15 is 0 Å². The van der Waals surface area contributed by atoms with Crippen molar-refractivity contribution in [3.8, 4) is 17.0 Å². The van der Waals surface area contributed by atoms with Crippen molar-refractivity contribution in [1.29, 1.82) is 0 Å². The molecule has 0 amide bonds. The molecule has 0 fully saturated rings. The molecule has 11 nitrogen and oxygen atoms in total. The number of benzene rings is 2. The van der Waals surface area contributed by atoms with E-state index in [0.717, 1.165) is 19.1 Å². The van der Waals surface area contributed by atoms with Crippen LogP contribution in [-0.4, -0.2) is 41.5 Å². The summed E-state index contributed by atoms with van der Waals surface area (Å²) in [7, 11) is -2.49. The van der Waals surface area contributed by atoms with Crippen molar-refractivity contribution in [2.75, 3.05) is 11.8 Å². The molecule has 2 aromatic heterocycles. The number of pyridine rings is 2. The van der Waals surface area contributed by atoms with Gasteiger partial charge in [-0.25, -0.2) is 8.42 Å². The Morgan fingerprint density at radius 1 is 0.974 bits per heavy atom. The number of carboxylic acid groups (broad SMARTS) is 1. The molecule has 0 spiro atoms. The Bertz CT molecular complexity index is 1380. The number of anilines is 1. The number of aromatic nitrogens is 2. The van der Waals surface area contributed by atoms with Gasteiger partial charge in [-0.15, -0.1) is 0 Å². The number of nitro benzene ring substituents is 1. The summed E-state index contributed by atoms with van der Waals surface area (Å²) in [5.41, 5.74) is 1.25. The quantitative estimate of drug-likeness (QED) is 0.176. The van der Waals surface area contributed by atoms with E-state index < -0.39 is 20.9 Å². The first-order valence-corrected chi connectivity index (χ1v) is 12.0. The fourth-order valence-electron chi connectivity index (χ4n) is 2.74. The van der Waals surface area contributed by atoms with Crippen LogP contribution in [0.5, 0.6) is 5.75 Å². The van der Waals surface area contributed by atoms with Crippen LogP contribution in [0.25, 0.3) is 11.3 Å². The predicted molar refractivity (Wildman–Crippen MR) is 138 cm³/mol. The van der Waals surface area contributed by atoms with Crippen LogP contribution in [0, 0.1) is 10.1 Å². The molecule has 0 saturated heterocycles. The summed E-state index contributed by atoms with van der Waals surface area (Å²) in [5.74, 6) is -0.365. The predicted octanol–water partition coefficient (Wildman–Crippen LogP) is 4.64. The number of aliphatic carboxylic acids is 1. The fraction of sp³-hybridized carbons (Fsp3) is 0.0800. The molecule has 2 aromatic carbocycles. The van der Waals surface area contributed by atoms with Crippen molar-refractivity contribution in [3.05, 3.63) is 108 Å². The van der Waals surface area contributed by atoms with Gasteiger partial charge in [0, 0.05) is 69.7 Å². The molecule has 4 rings (SSSR count). The second-order valence-corrected chi connectivity index (χ2v) is 8.71. The van der Waals surface area contributed by atoms with Crippen LogP contribution < -0.4 is 9.46 Å². The number of carbonyl (C=O) groups is 1. The zero-order chi connectivity index (χ0) is 27.3. The minimum atomic E-state index is -3.97. The normalized spacial score (nSPS) is 9.74. The first kappa shape index (κ1) is 31.9. The monoisotopic (exact) mass is 630 g/mol. The molecule has 0 radical (unpaired) electrons. The van der Waals surface area contributed by atoms with E-state index in [0.29, 0.717) is 17.0 Å². The van der Waals surface area contributed by atoms with Gasteiger partial charge in [0.25, 0.3) is 21.7 Å². The number of nitrogens with one attached hydrogen (secondary N) is 1. The summed E-state index contributed by atoms with van der Waals surface area (Å²) in [4.78, 5) is 27.1. The zero-order valence-electron chi connectivity index (χ0n) is 20.2. The number of hydrogen-bond donors (Lipinski definition) is 2. The zero-order valence-corrected chi connectivity index (χ0v) is 22.6. The molecule has 4 aromatic rings. The maximum atomic E-state index is 12.7. The summed E-state index contributed by atoms with van der Waals surface area (Å²) in [5, 5.41) is 18.2. The SMILES string of the molecule is CC(=O)O.COc1ccc(-c2ccccn2)c(NS(=O)(=O)c2ccc([N+](=O)[O-])cc2)c1.[Pd].c1ccncc1. The number of nitro groups is 1. The van der Waals surface area contributed by atoms with Crippen LogP contribution in [0.1, 0.15) is 6.92 Å². The first-order valence-electron chi connectivity index (χ1n) is 10.6. The van der Waals surface area contributed by atoms with E-state index in [9.17, 15) is 18.5 Å². The number of carboxylic acids is 1. The Kier molecular flexibility index (Phi) is 13.3. The standard InChI is InChI=1S/C18H15N3O5S.C5H5N.C2H4O2.Pd/c1-26-14-7-10-16(17-4-2-3-11-19-17)18(12-14)20-27(24,25)15-8-5-13(6-9-15)21(22)23;1-2-4-6-5-3-1;1-2(3)4;/h2-12,20H,1H3;1-5H;1H3,(H,3,4);. The molecular weight excluding hydrogens is 607 g/mol. The molecule has 13 heteroatoms. The van der Waals surface area contributed by atoms with E-state index in [2.05, 4.69) is 14.7 Å². The topological polar surface area (TPSA) is 162 Å². The summed E-state index contributed by atoms with van der Waals surface area (Å²) < 4.78 is 33.1. The molecule has 0 aliphatic carbocycles. The van der Waals surface area contributed by atoms with E-state index in [1.54, 1.807) is 55.0 Å². The molecule has 2 N–H and O–H groups in total. The maximum Gasteiger partial charge on any atom is 0.300 e. The Hall–Kier alpha value is -4.18. The van der Waals surface area contributed by atoms with Gasteiger partial charge >= 0.3 is 0 Å². The van der Waals surface area contributed by atoms with Gasteiger partial charge in [-0.1, -0.05) is 12.1 Å². The first-order chi connectivity index (χ1) is 17.6. The summed E-state index contributed by atoms with van der Waals surface area (Å²) in [6.45, 7) is 1.08. The molecule has 38 heavy (non-hydrogen) atoms. The number of sulfonamides is 1. The number of hydrogen-bond acceptors (Lipinski definition) is 8. The maximum absolute atomic E-state index is 12.7. The average Bonchev–Trinajstić information content (AvgIpc) is 2.90. The number of non-ortho nitro benzene ring substituents is 1. The van der Waals surface area contributed by atoms with E-state index in [4.69, 9.17) is 14.6 Å². The molecule has 0 bridgehead atoms. The van der Waals surface area contributed by atoms with Gasteiger partial charge in [0.2, 0.25) is 0 Å². The summed E-state index contributed by atoms with van der Waals surface area (Å²) in [6.07, 6.45) is 5.11. The van der Waals surface area contributed by atoms with Crippen molar-refractivity contribution in [3.63, 3.8) is 0 Å². The van der Waals surface area contributed by atoms with Crippen LogP contribution in [-0.2, 0) is 35.2 Å². The van der Waals surface area contributed by atoms with E-state index in [-0.39, 0.29) is 36.7 Å². The van der Waals surface area contributed by atoms with Crippen molar-refractivity contribution >= 4 is 27.4 Å². The molecule has 0 unspecified atom stereocenters. The second-order valence-electron chi connectivity index (χ2n) is 7.03. The Morgan fingerprint density at radius 2 is 1.58 bits per heavy atom. The smallest absolute Gasteiger partial charge is 0.300 e. The Morgan fingerprint density at radius 3 is 2.03 bits per heavy atom. The molecule has 0 atom stereocenters. The third-order valence-electron chi connectivity index (χ3n) is 4.34. The number of nitrogens with zero attached hydrogens (tertiary/aromatic N) is 3.